The summed E-state index contributed by atoms with van der Waals surface area (Å²) in [5.41, 5.74) is 3.15. The first-order chi connectivity index (χ1) is 11.5. The second-order valence-corrected chi connectivity index (χ2v) is 5.62. The van der Waals surface area contributed by atoms with Gasteiger partial charge in [-0.25, -0.2) is 0 Å². The number of aryl methyl sites for hydroxylation is 1. The predicted molar refractivity (Wildman–Crippen MR) is 97.3 cm³/mol. The number of carbonyl (C=O) groups excluding carboxylic acids is 1. The first kappa shape index (κ1) is 17.4. The average Bonchev–Trinajstić information content (AvgIpc) is 2.57. The van der Waals surface area contributed by atoms with Crippen LogP contribution in [0, 0.1) is 18.8 Å². The van der Waals surface area contributed by atoms with Crippen LogP contribution < -0.4 is 15.0 Å². The molecular formula is C20H22N2O2. The third kappa shape index (κ3) is 5.69. The van der Waals surface area contributed by atoms with Crippen LogP contribution >= 0.6 is 0 Å². The lowest BCUT2D eigenvalue weighted by Crippen LogP contribution is -2.29. The van der Waals surface area contributed by atoms with E-state index in [4.69, 9.17) is 4.74 Å². The Morgan fingerprint density at radius 2 is 1.92 bits per heavy atom. The molecule has 0 unspecified atom stereocenters. The molecule has 1 amide bonds. The molecule has 0 heterocycles. The van der Waals surface area contributed by atoms with Crippen molar-refractivity contribution < 1.29 is 9.53 Å². The van der Waals surface area contributed by atoms with Crippen molar-refractivity contribution in [3.8, 4) is 17.6 Å². The number of carbonyl (C=O) groups is 1. The summed E-state index contributed by atoms with van der Waals surface area (Å²) < 4.78 is 5.43. The van der Waals surface area contributed by atoms with Gasteiger partial charge in [-0.1, -0.05) is 24.0 Å². The minimum Gasteiger partial charge on any atom is -0.484 e. The first-order valence-electron chi connectivity index (χ1n) is 7.77. The highest BCUT2D eigenvalue weighted by Crippen LogP contribution is 2.12. The Hall–Kier alpha value is -2.93. The van der Waals surface area contributed by atoms with E-state index in [2.05, 4.69) is 17.2 Å². The van der Waals surface area contributed by atoms with Gasteiger partial charge in [0.15, 0.2) is 6.61 Å². The highest BCUT2D eigenvalue weighted by Gasteiger charge is 2.01. The van der Waals surface area contributed by atoms with Gasteiger partial charge >= 0.3 is 0 Å². The van der Waals surface area contributed by atoms with E-state index < -0.39 is 0 Å². The van der Waals surface area contributed by atoms with Crippen LogP contribution in [0.15, 0.2) is 48.5 Å². The molecule has 0 aliphatic rings. The van der Waals surface area contributed by atoms with Crippen LogP contribution in [-0.4, -0.2) is 33.2 Å². The van der Waals surface area contributed by atoms with E-state index in [0.717, 1.165) is 16.8 Å². The van der Waals surface area contributed by atoms with E-state index in [-0.39, 0.29) is 12.5 Å². The molecule has 0 aliphatic heterocycles. The summed E-state index contributed by atoms with van der Waals surface area (Å²) in [4.78, 5) is 13.8. The van der Waals surface area contributed by atoms with Gasteiger partial charge in [0.05, 0.1) is 6.54 Å². The summed E-state index contributed by atoms with van der Waals surface area (Å²) in [5, 5.41) is 2.72. The fourth-order valence-corrected chi connectivity index (χ4v) is 2.04. The Morgan fingerprint density at radius 3 is 2.58 bits per heavy atom. The van der Waals surface area contributed by atoms with Gasteiger partial charge in [-0.3, -0.25) is 4.79 Å². The van der Waals surface area contributed by atoms with Crippen LogP contribution in [0.3, 0.4) is 0 Å². The number of anilines is 1. The smallest absolute Gasteiger partial charge is 0.258 e. The zero-order valence-corrected chi connectivity index (χ0v) is 14.3. The summed E-state index contributed by atoms with van der Waals surface area (Å²) in [6, 6.07) is 15.6. The minimum atomic E-state index is -0.186. The molecule has 0 aliphatic carbocycles. The number of rotatable bonds is 5. The molecule has 1 N–H and O–H groups in total. The molecule has 0 bridgehead atoms. The lowest BCUT2D eigenvalue weighted by Gasteiger charge is -2.11. The summed E-state index contributed by atoms with van der Waals surface area (Å²) >= 11 is 0. The molecule has 0 atom stereocenters. The van der Waals surface area contributed by atoms with Gasteiger partial charge < -0.3 is 15.0 Å². The summed E-state index contributed by atoms with van der Waals surface area (Å²) in [5.74, 6) is 6.47. The molecule has 2 aromatic carbocycles. The van der Waals surface area contributed by atoms with Crippen molar-refractivity contribution in [3.05, 3.63) is 59.7 Å². The number of benzene rings is 2. The van der Waals surface area contributed by atoms with Crippen molar-refractivity contribution in [3.63, 3.8) is 0 Å². The Labute approximate surface area is 143 Å². The highest BCUT2D eigenvalue weighted by molar-refractivity contribution is 5.77. The fraction of sp³-hybridized carbons (Fsp3) is 0.250. The predicted octanol–water partition coefficient (Wildman–Crippen LogP) is 2.61. The highest BCUT2D eigenvalue weighted by atomic mass is 16.5. The molecule has 2 aromatic rings. The van der Waals surface area contributed by atoms with Crippen molar-refractivity contribution in [2.45, 2.75) is 6.92 Å². The standard InChI is InChI=1S/C20H22N2O2/c1-16-6-4-8-19(14-16)24-15-20(23)21-13-5-7-17-9-11-18(12-10-17)22(2)3/h4,6,8-12,14H,13,15H2,1-3H3,(H,21,23). The number of ether oxygens (including phenoxy) is 1. The maximum Gasteiger partial charge on any atom is 0.258 e. The van der Waals surface area contributed by atoms with Crippen LogP contribution in [0.2, 0.25) is 0 Å². The largest absolute Gasteiger partial charge is 0.484 e. The lowest BCUT2D eigenvalue weighted by molar-refractivity contribution is -0.122. The Morgan fingerprint density at radius 1 is 1.17 bits per heavy atom. The molecule has 0 spiro atoms. The number of nitrogens with one attached hydrogen (secondary N) is 1. The monoisotopic (exact) mass is 322 g/mol. The molecule has 2 rings (SSSR count). The van der Waals surface area contributed by atoms with Crippen molar-refractivity contribution in [2.24, 2.45) is 0 Å². The van der Waals surface area contributed by atoms with Crippen LogP contribution in [0.1, 0.15) is 11.1 Å². The second-order valence-electron chi connectivity index (χ2n) is 5.62. The molecule has 0 fully saturated rings. The van der Waals surface area contributed by atoms with Gasteiger partial charge in [-0.2, -0.15) is 0 Å². The molecule has 0 aromatic heterocycles. The zero-order chi connectivity index (χ0) is 17.4. The van der Waals surface area contributed by atoms with Crippen LogP contribution in [0.4, 0.5) is 5.69 Å². The number of nitrogens with zero attached hydrogens (tertiary/aromatic N) is 1. The first-order valence-corrected chi connectivity index (χ1v) is 7.77. The van der Waals surface area contributed by atoms with E-state index in [1.165, 1.54) is 0 Å². The summed E-state index contributed by atoms with van der Waals surface area (Å²) in [6.45, 7) is 2.27. The molecule has 4 nitrogen and oxygen atoms in total. The van der Waals surface area contributed by atoms with E-state index >= 15 is 0 Å². The van der Waals surface area contributed by atoms with Gasteiger partial charge in [0.2, 0.25) is 0 Å². The summed E-state index contributed by atoms with van der Waals surface area (Å²) in [7, 11) is 3.99. The van der Waals surface area contributed by atoms with Crippen LogP contribution in [-0.2, 0) is 4.79 Å². The van der Waals surface area contributed by atoms with Gasteiger partial charge in [0.25, 0.3) is 5.91 Å². The van der Waals surface area contributed by atoms with Crippen LogP contribution in [0.25, 0.3) is 0 Å². The van der Waals surface area contributed by atoms with Gasteiger partial charge in [0.1, 0.15) is 5.75 Å². The number of amides is 1. The van der Waals surface area contributed by atoms with Gasteiger partial charge in [0, 0.05) is 25.3 Å². The maximum atomic E-state index is 11.7. The van der Waals surface area contributed by atoms with Crippen molar-refractivity contribution >= 4 is 11.6 Å². The van der Waals surface area contributed by atoms with Gasteiger partial charge in [-0.15, -0.1) is 0 Å². The third-order valence-corrected chi connectivity index (χ3v) is 3.35. The molecule has 24 heavy (non-hydrogen) atoms. The average molecular weight is 322 g/mol. The van der Waals surface area contributed by atoms with Gasteiger partial charge in [-0.05, 0) is 48.9 Å². The molecule has 0 radical (unpaired) electrons. The molecule has 124 valence electrons. The van der Waals surface area contributed by atoms with Crippen molar-refractivity contribution in [1.29, 1.82) is 0 Å². The van der Waals surface area contributed by atoms with Crippen LogP contribution in [0.5, 0.6) is 5.75 Å². The Bertz CT molecular complexity index is 740. The zero-order valence-electron chi connectivity index (χ0n) is 14.3. The fourth-order valence-electron chi connectivity index (χ4n) is 2.04. The number of hydrogen-bond donors (Lipinski definition) is 1. The molecule has 0 saturated heterocycles. The normalized spacial score (nSPS) is 9.62. The van der Waals surface area contributed by atoms with Crippen molar-refractivity contribution in [1.82, 2.24) is 5.32 Å². The van der Waals surface area contributed by atoms with E-state index in [0.29, 0.717) is 12.3 Å². The van der Waals surface area contributed by atoms with Crippen molar-refractivity contribution in [2.75, 3.05) is 32.1 Å². The van der Waals surface area contributed by atoms with E-state index in [1.54, 1.807) is 0 Å². The molecular weight excluding hydrogens is 300 g/mol. The lowest BCUT2D eigenvalue weighted by atomic mass is 10.2. The SMILES string of the molecule is Cc1cccc(OCC(=O)NCC#Cc2ccc(N(C)C)cc2)c1. The Balaban J connectivity index is 1.74. The maximum absolute atomic E-state index is 11.7. The third-order valence-electron chi connectivity index (χ3n) is 3.35. The summed E-state index contributed by atoms with van der Waals surface area (Å²) in [6.07, 6.45) is 0. The minimum absolute atomic E-state index is 0.0112. The molecule has 0 saturated carbocycles. The topological polar surface area (TPSA) is 41.6 Å². The second kappa shape index (κ2) is 8.64. The number of hydrogen-bond acceptors (Lipinski definition) is 3. The quantitative estimate of drug-likeness (QED) is 0.861. The molecule has 4 heteroatoms. The van der Waals surface area contributed by atoms with E-state index in [1.807, 2.05) is 74.4 Å². The van der Waals surface area contributed by atoms with E-state index in [9.17, 15) is 4.79 Å². The Kier molecular flexibility index (Phi) is 6.27.